The molecular formula is C40H53N9O4. The van der Waals surface area contributed by atoms with Crippen molar-refractivity contribution in [1.29, 1.82) is 0 Å². The van der Waals surface area contributed by atoms with E-state index in [1.807, 2.05) is 40.7 Å². The number of imidazole rings is 1. The van der Waals surface area contributed by atoms with Crippen LogP contribution in [-0.4, -0.2) is 78.7 Å². The number of ether oxygens (including phenoxy) is 2. The number of pyridine rings is 1. The van der Waals surface area contributed by atoms with E-state index in [1.54, 1.807) is 13.8 Å². The average molecular weight is 724 g/mol. The van der Waals surface area contributed by atoms with Gasteiger partial charge in [0.05, 0.1) is 36.3 Å². The number of benzene rings is 2. The highest BCUT2D eigenvalue weighted by atomic mass is 16.5. The van der Waals surface area contributed by atoms with Crippen LogP contribution in [0.3, 0.4) is 0 Å². The number of hydrogen-bond acceptors (Lipinski definition) is 12. The van der Waals surface area contributed by atoms with E-state index in [0.717, 1.165) is 53.0 Å². The van der Waals surface area contributed by atoms with Gasteiger partial charge in [-0.1, -0.05) is 55.8 Å². The summed E-state index contributed by atoms with van der Waals surface area (Å²) >= 11 is 0. The first kappa shape index (κ1) is 37.9. The Morgan fingerprint density at radius 1 is 0.925 bits per heavy atom. The first-order chi connectivity index (χ1) is 25.5. The number of likely N-dealkylation sites (tertiary alicyclic amines) is 1. The van der Waals surface area contributed by atoms with Gasteiger partial charge in [0.15, 0.2) is 11.6 Å². The molecule has 0 spiro atoms. The minimum Gasteiger partial charge on any atom is -0.463 e. The number of nitrogen functional groups attached to an aromatic ring is 2. The predicted molar refractivity (Wildman–Crippen MR) is 209 cm³/mol. The smallest absolute Gasteiger partial charge is 0.320 e. The second kappa shape index (κ2) is 16.9. The van der Waals surface area contributed by atoms with Crippen LogP contribution in [0.25, 0.3) is 21.9 Å². The summed E-state index contributed by atoms with van der Waals surface area (Å²) in [5.41, 5.74) is 16.9. The molecule has 2 aliphatic rings. The van der Waals surface area contributed by atoms with E-state index < -0.39 is 5.60 Å². The van der Waals surface area contributed by atoms with E-state index in [2.05, 4.69) is 56.0 Å². The number of hydrogen-bond donors (Lipinski definition) is 3. The van der Waals surface area contributed by atoms with Crippen molar-refractivity contribution >= 4 is 45.2 Å². The normalized spacial score (nSPS) is 14.8. The van der Waals surface area contributed by atoms with Crippen LogP contribution in [-0.2, 0) is 42.2 Å². The monoisotopic (exact) mass is 723 g/mol. The molecule has 2 aliphatic heterocycles. The lowest BCUT2D eigenvalue weighted by atomic mass is 10.0. The Hall–Kier alpha value is -4.85. The number of para-hydroxylation sites is 1. The maximum Gasteiger partial charge on any atom is 0.320 e. The van der Waals surface area contributed by atoms with Crippen LogP contribution in [0.5, 0.6) is 6.01 Å². The standard InChI is InChI=1S/C23H31N5O2.C17H22N4O2/c1-2-3-11-30-23-25-21(24)20-13-19(29)16-28(22(20)26-23)15-18-8-6-7-17(12-18)14-27-9-4-5-10-27;1-4-23-9-13-20-14-15(21(13)10-17(2,3)22)11-7-5-6-8-12(11)19-16(14)18/h6-8,12H,2-5,9-11,13-16H2,1H3,(H2,24,25,26);5-8,22H,4,9-10H2,1-3H3,(H2,18,19). The summed E-state index contributed by atoms with van der Waals surface area (Å²) in [5.74, 6) is 2.33. The second-order valence-corrected chi connectivity index (χ2v) is 14.5. The Morgan fingerprint density at radius 3 is 2.42 bits per heavy atom. The summed E-state index contributed by atoms with van der Waals surface area (Å²) in [5, 5.41) is 11.3. The number of unbranched alkanes of at least 4 members (excludes halogenated alkanes) is 1. The Labute approximate surface area is 311 Å². The summed E-state index contributed by atoms with van der Waals surface area (Å²) in [4.78, 5) is 34.8. The van der Waals surface area contributed by atoms with Crippen molar-refractivity contribution in [1.82, 2.24) is 29.4 Å². The molecular weight excluding hydrogens is 670 g/mol. The minimum atomic E-state index is -0.881. The summed E-state index contributed by atoms with van der Waals surface area (Å²) in [6, 6.07) is 16.7. The fourth-order valence-electron chi connectivity index (χ4n) is 6.95. The van der Waals surface area contributed by atoms with Crippen LogP contribution in [0.1, 0.15) is 75.9 Å². The molecule has 7 rings (SSSR count). The maximum atomic E-state index is 12.4. The Morgan fingerprint density at radius 2 is 1.68 bits per heavy atom. The van der Waals surface area contributed by atoms with Crippen LogP contribution in [0, 0.1) is 0 Å². The van der Waals surface area contributed by atoms with Gasteiger partial charge in [-0.05, 0) is 70.3 Å². The number of nitrogens with two attached hydrogens (primary N) is 2. The van der Waals surface area contributed by atoms with Gasteiger partial charge in [0.25, 0.3) is 0 Å². The van der Waals surface area contributed by atoms with Gasteiger partial charge < -0.3 is 35.5 Å². The molecule has 0 unspecified atom stereocenters. The number of aromatic nitrogens is 5. The number of nitrogens with zero attached hydrogens (tertiary/aromatic N) is 7. The van der Waals surface area contributed by atoms with E-state index in [1.165, 1.54) is 31.5 Å². The molecule has 0 atom stereocenters. The van der Waals surface area contributed by atoms with Gasteiger partial charge >= 0.3 is 6.01 Å². The third kappa shape index (κ3) is 9.39. The SMILES string of the molecule is CCCCOc1nc(N)c2c(n1)N(Cc1cccc(CN3CCCC3)c1)CC(=O)C2.CCOCc1nc2c(N)nc3ccccc3c2n1CC(C)(C)O. The molecule has 5 heterocycles. The number of ketones is 1. The quantitative estimate of drug-likeness (QED) is 0.132. The van der Waals surface area contributed by atoms with Crippen LogP contribution in [0.2, 0.25) is 0 Å². The molecule has 1 fully saturated rings. The molecule has 0 amide bonds. The van der Waals surface area contributed by atoms with Gasteiger partial charge in [0.1, 0.15) is 29.6 Å². The summed E-state index contributed by atoms with van der Waals surface area (Å²) in [6.07, 6.45) is 4.83. The van der Waals surface area contributed by atoms with E-state index >= 15 is 0 Å². The number of rotatable bonds is 13. The van der Waals surface area contributed by atoms with E-state index in [4.69, 9.17) is 20.9 Å². The maximum absolute atomic E-state index is 12.4. The van der Waals surface area contributed by atoms with Gasteiger partial charge in [0, 0.05) is 37.1 Å². The molecule has 0 aliphatic carbocycles. The van der Waals surface area contributed by atoms with Gasteiger partial charge in [-0.2, -0.15) is 9.97 Å². The lowest BCUT2D eigenvalue weighted by Crippen LogP contribution is -2.36. The second-order valence-electron chi connectivity index (χ2n) is 14.5. The molecule has 0 radical (unpaired) electrons. The van der Waals surface area contributed by atoms with Crippen LogP contribution < -0.4 is 21.1 Å². The minimum absolute atomic E-state index is 0.130. The fraction of sp³-hybridized carbons (Fsp3) is 0.475. The first-order valence-electron chi connectivity index (χ1n) is 18.7. The van der Waals surface area contributed by atoms with Crippen LogP contribution in [0.4, 0.5) is 17.5 Å². The summed E-state index contributed by atoms with van der Waals surface area (Å²) in [6.45, 7) is 13.8. The van der Waals surface area contributed by atoms with Crippen molar-refractivity contribution in [2.75, 3.05) is 49.2 Å². The van der Waals surface area contributed by atoms with Gasteiger partial charge in [-0.15, -0.1) is 0 Å². The molecule has 1 saturated heterocycles. The molecule has 53 heavy (non-hydrogen) atoms. The fourth-order valence-corrected chi connectivity index (χ4v) is 6.95. The Bertz CT molecular complexity index is 2030. The van der Waals surface area contributed by atoms with Crippen molar-refractivity contribution in [2.24, 2.45) is 0 Å². The molecule has 13 nitrogen and oxygen atoms in total. The van der Waals surface area contributed by atoms with Crippen molar-refractivity contribution < 1.29 is 19.4 Å². The highest BCUT2D eigenvalue weighted by Crippen LogP contribution is 2.32. The van der Waals surface area contributed by atoms with Crippen LogP contribution >= 0.6 is 0 Å². The number of fused-ring (bicyclic) bond motifs is 4. The number of anilines is 3. The first-order valence-corrected chi connectivity index (χ1v) is 18.7. The van der Waals surface area contributed by atoms with Crippen LogP contribution in [0.15, 0.2) is 48.5 Å². The Kier molecular flexibility index (Phi) is 12.1. The number of carbonyl (C=O) groups is 1. The molecule has 282 valence electrons. The average Bonchev–Trinajstić information content (AvgIpc) is 3.76. The predicted octanol–water partition coefficient (Wildman–Crippen LogP) is 5.44. The highest BCUT2D eigenvalue weighted by Gasteiger charge is 2.28. The summed E-state index contributed by atoms with van der Waals surface area (Å²) in [7, 11) is 0. The van der Waals surface area contributed by atoms with Gasteiger partial charge in [-0.3, -0.25) is 9.69 Å². The number of carbonyl (C=O) groups excluding carboxylic acids is 1. The lowest BCUT2D eigenvalue weighted by molar-refractivity contribution is -0.117. The van der Waals surface area contributed by atoms with Crippen molar-refractivity contribution in [3.8, 4) is 6.01 Å². The highest BCUT2D eigenvalue weighted by molar-refractivity contribution is 6.06. The van der Waals surface area contributed by atoms with E-state index in [0.29, 0.717) is 68.2 Å². The zero-order valence-electron chi connectivity index (χ0n) is 31.5. The van der Waals surface area contributed by atoms with E-state index in [9.17, 15) is 9.90 Å². The van der Waals surface area contributed by atoms with Crippen molar-refractivity contribution in [2.45, 2.75) is 91.6 Å². The number of aliphatic hydroxyl groups is 1. The van der Waals surface area contributed by atoms with Gasteiger partial charge in [0.2, 0.25) is 0 Å². The molecule has 5 aromatic rings. The molecule has 3 aromatic heterocycles. The topological polar surface area (TPSA) is 171 Å². The van der Waals surface area contributed by atoms with Crippen molar-refractivity contribution in [3.63, 3.8) is 0 Å². The molecule has 5 N–H and O–H groups in total. The van der Waals surface area contributed by atoms with Gasteiger partial charge in [-0.25, -0.2) is 9.97 Å². The zero-order chi connectivity index (χ0) is 37.5. The third-order valence-corrected chi connectivity index (χ3v) is 9.41. The molecule has 2 aromatic carbocycles. The van der Waals surface area contributed by atoms with Crippen molar-refractivity contribution in [3.05, 3.63) is 71.0 Å². The zero-order valence-corrected chi connectivity index (χ0v) is 31.5. The summed E-state index contributed by atoms with van der Waals surface area (Å²) < 4.78 is 13.2. The molecule has 0 bridgehead atoms. The largest absolute Gasteiger partial charge is 0.463 e. The lowest BCUT2D eigenvalue weighted by Gasteiger charge is -2.30. The molecule has 0 saturated carbocycles. The third-order valence-electron chi connectivity index (χ3n) is 9.41. The Balaban J connectivity index is 0.000000188. The van der Waals surface area contributed by atoms with E-state index in [-0.39, 0.29) is 12.2 Å². The number of Topliss-reactive ketones (excluding diaryl/α,β-unsaturated/α-hetero) is 1. The molecule has 13 heteroatoms.